The molecule has 34 heavy (non-hydrogen) atoms. The van der Waals surface area contributed by atoms with Crippen LogP contribution in [0.1, 0.15) is 40.3 Å². The highest BCUT2D eigenvalue weighted by Gasteiger charge is 2.25. The largest absolute Gasteiger partial charge is 0.469 e. The van der Waals surface area contributed by atoms with Gasteiger partial charge in [0.25, 0.3) is 0 Å². The Morgan fingerprint density at radius 1 is 1.24 bits per heavy atom. The maximum absolute atomic E-state index is 12.4. The monoisotopic (exact) mass is 490 g/mol. The summed E-state index contributed by atoms with van der Waals surface area (Å²) in [7, 11) is 1.28. The van der Waals surface area contributed by atoms with E-state index in [4.69, 9.17) is 16.3 Å². The van der Waals surface area contributed by atoms with E-state index in [1.54, 1.807) is 19.1 Å². The van der Waals surface area contributed by atoms with E-state index in [1.165, 1.54) is 24.7 Å². The van der Waals surface area contributed by atoms with Crippen molar-refractivity contribution in [1.29, 1.82) is 0 Å². The Labute approximate surface area is 201 Å². The number of nitrogens with zero attached hydrogens (tertiary/aromatic N) is 3. The molecule has 0 radical (unpaired) electrons. The van der Waals surface area contributed by atoms with Crippen molar-refractivity contribution in [3.05, 3.63) is 28.9 Å². The van der Waals surface area contributed by atoms with E-state index in [-0.39, 0.29) is 23.4 Å². The number of H-pyrrole nitrogens is 1. The molecule has 3 rings (SSSR count). The van der Waals surface area contributed by atoms with Crippen molar-refractivity contribution < 1.29 is 23.9 Å². The maximum atomic E-state index is 12.4. The quantitative estimate of drug-likeness (QED) is 0.354. The number of rotatable bonds is 6. The minimum atomic E-state index is -0.589. The number of aromatic nitrogens is 4. The molecule has 1 atom stereocenters. The van der Waals surface area contributed by atoms with E-state index < -0.39 is 23.9 Å². The third-order valence-corrected chi connectivity index (χ3v) is 5.24. The zero-order valence-corrected chi connectivity index (χ0v) is 20.5. The van der Waals surface area contributed by atoms with Crippen LogP contribution in [0, 0.1) is 5.92 Å². The molecule has 0 aliphatic heterocycles. The number of fused-ring (bicyclic) bond motifs is 1. The highest BCUT2D eigenvalue weighted by Crippen LogP contribution is 2.33. The number of hydrogen-bond donors (Lipinski definition) is 3. The number of carbonyl (C=O) groups excluding carboxylic acids is 3. The summed E-state index contributed by atoms with van der Waals surface area (Å²) in [6.07, 6.45) is 0. The molecule has 0 fully saturated rings. The number of amides is 2. The molecule has 11 nitrogen and oxygen atoms in total. The molecule has 0 aliphatic carbocycles. The molecular weight excluding hydrogens is 464 g/mol. The van der Waals surface area contributed by atoms with E-state index >= 15 is 0 Å². The van der Waals surface area contributed by atoms with Gasteiger partial charge in [0, 0.05) is 24.4 Å². The number of methoxy groups -OCH3 is 1. The molecule has 0 saturated heterocycles. The molecule has 0 bridgehead atoms. The third kappa shape index (κ3) is 5.48. The first-order valence-corrected chi connectivity index (χ1v) is 10.9. The van der Waals surface area contributed by atoms with Crippen molar-refractivity contribution in [1.82, 2.24) is 25.1 Å². The van der Waals surface area contributed by atoms with Gasteiger partial charge in [-0.25, -0.2) is 4.79 Å². The fourth-order valence-corrected chi connectivity index (χ4v) is 3.57. The predicted molar refractivity (Wildman–Crippen MR) is 126 cm³/mol. The minimum absolute atomic E-state index is 0.0606. The first-order valence-electron chi connectivity index (χ1n) is 10.5. The molecule has 3 N–H and O–H groups in total. The van der Waals surface area contributed by atoms with Crippen LogP contribution in [0.15, 0.2) is 18.2 Å². The van der Waals surface area contributed by atoms with Crippen molar-refractivity contribution in [2.24, 2.45) is 5.92 Å². The molecule has 3 aromatic rings. The third-order valence-electron chi connectivity index (χ3n) is 4.88. The van der Waals surface area contributed by atoms with Gasteiger partial charge in [-0.05, 0) is 18.2 Å². The van der Waals surface area contributed by atoms with Crippen LogP contribution < -0.4 is 15.4 Å². The molecule has 1 aromatic carbocycles. The molecule has 2 heterocycles. The van der Waals surface area contributed by atoms with Crippen LogP contribution in [-0.4, -0.2) is 51.4 Å². The van der Waals surface area contributed by atoms with Crippen molar-refractivity contribution in [2.75, 3.05) is 19.0 Å². The van der Waals surface area contributed by atoms with Gasteiger partial charge in [0.15, 0.2) is 17.2 Å². The zero-order valence-electron chi connectivity index (χ0n) is 19.8. The standard InChI is InChI=1S/C22H27ClN6O5/c1-11(20(31)33-6)10-24-21(32)25-14-9-13(7-8-15(14)34-12(2)30)18-26-19-16(23)17(22(3,4)5)27-29(19)28-18/h7-9,11H,10H2,1-6H3,(H,26,28)(H2,24,25,32). The molecule has 2 aromatic heterocycles. The van der Waals surface area contributed by atoms with Gasteiger partial charge in [0.1, 0.15) is 5.02 Å². The van der Waals surface area contributed by atoms with Crippen LogP contribution in [0.25, 0.3) is 17.0 Å². The highest BCUT2D eigenvalue weighted by molar-refractivity contribution is 6.34. The zero-order chi connectivity index (χ0) is 25.2. The van der Waals surface area contributed by atoms with E-state index in [0.29, 0.717) is 27.8 Å². The number of anilines is 1. The first kappa shape index (κ1) is 25.0. The number of ether oxygens (including phenoxy) is 2. The summed E-state index contributed by atoms with van der Waals surface area (Å²) >= 11 is 6.51. The Hall–Kier alpha value is -3.60. The van der Waals surface area contributed by atoms with Gasteiger partial charge in [0.2, 0.25) is 0 Å². The highest BCUT2D eigenvalue weighted by atomic mass is 35.5. The summed E-state index contributed by atoms with van der Waals surface area (Å²) < 4.78 is 11.3. The van der Waals surface area contributed by atoms with Gasteiger partial charge in [-0.15, -0.1) is 9.73 Å². The van der Waals surface area contributed by atoms with E-state index in [9.17, 15) is 14.4 Å². The second kappa shape index (κ2) is 9.72. The molecule has 0 aliphatic rings. The van der Waals surface area contributed by atoms with Crippen molar-refractivity contribution in [2.45, 2.75) is 40.0 Å². The summed E-state index contributed by atoms with van der Waals surface area (Å²) in [4.78, 5) is 38.6. The van der Waals surface area contributed by atoms with Gasteiger partial charge in [-0.2, -0.15) is 5.10 Å². The molecule has 0 saturated carbocycles. The lowest BCUT2D eigenvalue weighted by Gasteiger charge is -2.15. The summed E-state index contributed by atoms with van der Waals surface area (Å²) in [5, 5.41) is 14.6. The van der Waals surface area contributed by atoms with E-state index in [1.807, 2.05) is 20.8 Å². The van der Waals surface area contributed by atoms with Crippen LogP contribution in [0.5, 0.6) is 5.75 Å². The fourth-order valence-electron chi connectivity index (χ4n) is 3.12. The van der Waals surface area contributed by atoms with Crippen LogP contribution >= 0.6 is 11.6 Å². The summed E-state index contributed by atoms with van der Waals surface area (Å²) in [5.41, 5.74) is 1.81. The summed E-state index contributed by atoms with van der Waals surface area (Å²) in [6, 6.07) is 4.22. The van der Waals surface area contributed by atoms with Gasteiger partial charge in [-0.3, -0.25) is 9.59 Å². The Morgan fingerprint density at radius 2 is 1.94 bits per heavy atom. The molecule has 182 valence electrons. The lowest BCUT2D eigenvalue weighted by Crippen LogP contribution is -2.35. The molecule has 1 unspecified atom stereocenters. The van der Waals surface area contributed by atoms with Crippen LogP contribution in [0.2, 0.25) is 5.02 Å². The van der Waals surface area contributed by atoms with Gasteiger partial charge >= 0.3 is 18.0 Å². The Morgan fingerprint density at radius 3 is 2.53 bits per heavy atom. The van der Waals surface area contributed by atoms with E-state index in [0.717, 1.165) is 0 Å². The number of hydrogen-bond acceptors (Lipinski definition) is 7. The number of benzene rings is 1. The van der Waals surface area contributed by atoms with Crippen LogP contribution in [0.4, 0.5) is 10.5 Å². The number of carbonyl (C=O) groups is 3. The second-order valence-corrected chi connectivity index (χ2v) is 9.17. The molecule has 2 amide bonds. The topological polar surface area (TPSA) is 140 Å². The normalized spacial score (nSPS) is 12.3. The Balaban J connectivity index is 1.88. The predicted octanol–water partition coefficient (Wildman–Crippen LogP) is 3.53. The van der Waals surface area contributed by atoms with Crippen molar-refractivity contribution in [3.63, 3.8) is 0 Å². The van der Waals surface area contributed by atoms with Crippen LogP contribution in [-0.2, 0) is 19.7 Å². The summed E-state index contributed by atoms with van der Waals surface area (Å²) in [5.74, 6) is -0.927. The van der Waals surface area contributed by atoms with Crippen molar-refractivity contribution in [3.8, 4) is 17.1 Å². The van der Waals surface area contributed by atoms with E-state index in [2.05, 4.69) is 30.6 Å². The fraction of sp³-hybridized carbons (Fsp3) is 0.409. The first-order chi connectivity index (χ1) is 15.9. The van der Waals surface area contributed by atoms with Crippen LogP contribution in [0.3, 0.4) is 0 Å². The smallest absolute Gasteiger partial charge is 0.319 e. The second-order valence-electron chi connectivity index (χ2n) is 8.79. The number of nitrogens with one attached hydrogen (secondary N) is 3. The average molecular weight is 491 g/mol. The lowest BCUT2D eigenvalue weighted by atomic mass is 9.92. The lowest BCUT2D eigenvalue weighted by molar-refractivity contribution is -0.144. The van der Waals surface area contributed by atoms with Crippen molar-refractivity contribution >= 4 is 40.9 Å². The van der Waals surface area contributed by atoms with Gasteiger partial charge in [-0.1, -0.05) is 39.3 Å². The minimum Gasteiger partial charge on any atom is -0.469 e. The Bertz CT molecular complexity index is 1240. The molecule has 0 spiro atoms. The number of urea groups is 1. The Kier molecular flexibility index (Phi) is 7.15. The average Bonchev–Trinajstić information content (AvgIpc) is 3.31. The van der Waals surface area contributed by atoms with Gasteiger partial charge in [0.05, 0.1) is 24.4 Å². The number of aromatic amines is 1. The molecule has 12 heteroatoms. The summed E-state index contributed by atoms with van der Waals surface area (Å²) in [6.45, 7) is 8.95. The molecular formula is C22H27ClN6O5. The number of esters is 2. The number of halogens is 1. The maximum Gasteiger partial charge on any atom is 0.319 e. The SMILES string of the molecule is COC(=O)C(C)CNC(=O)Nc1cc(-c2nn3nc(C(C)(C)C)c(Cl)c3[nH]2)ccc1OC(C)=O. The van der Waals surface area contributed by atoms with Gasteiger partial charge < -0.3 is 25.1 Å².